The van der Waals surface area contributed by atoms with E-state index in [0.29, 0.717) is 19.3 Å². The van der Waals surface area contributed by atoms with Crippen LogP contribution in [0.4, 0.5) is 0 Å². The normalized spacial score (nSPS) is 14.9. The molecule has 0 amide bonds. The summed E-state index contributed by atoms with van der Waals surface area (Å²) in [6, 6.07) is -0.182. The smallest absolute Gasteiger partial charge is 0.306 e. The van der Waals surface area contributed by atoms with Gasteiger partial charge in [0.25, 0.3) is 0 Å². The van der Waals surface area contributed by atoms with E-state index in [4.69, 9.17) is 15.6 Å². The number of aliphatic carboxylic acids is 1. The fourth-order valence-corrected chi connectivity index (χ4v) is 1.69. The third kappa shape index (κ3) is 10.1. The minimum atomic E-state index is -0.842. The third-order valence-electron chi connectivity index (χ3n) is 2.37. The van der Waals surface area contributed by atoms with E-state index in [1.807, 2.05) is 27.7 Å². The van der Waals surface area contributed by atoms with Crippen molar-refractivity contribution in [1.29, 1.82) is 0 Å². The second-order valence-electron chi connectivity index (χ2n) is 5.82. The molecule has 0 bridgehead atoms. The quantitative estimate of drug-likeness (QED) is 0.682. The predicted octanol–water partition coefficient (Wildman–Crippen LogP) is 1.94. The number of carbonyl (C=O) groups is 2. The van der Waals surface area contributed by atoms with Crippen LogP contribution in [0.15, 0.2) is 0 Å². The average molecular weight is 259 g/mol. The van der Waals surface area contributed by atoms with Crippen LogP contribution >= 0.6 is 0 Å². The number of carboxylic acid groups (broad SMARTS) is 1. The zero-order valence-electron chi connectivity index (χ0n) is 11.7. The molecule has 5 heteroatoms. The van der Waals surface area contributed by atoms with Gasteiger partial charge in [0.2, 0.25) is 0 Å². The van der Waals surface area contributed by atoms with E-state index in [1.54, 1.807) is 0 Å². The summed E-state index contributed by atoms with van der Waals surface area (Å²) in [4.78, 5) is 22.0. The minimum Gasteiger partial charge on any atom is -0.481 e. The molecular weight excluding hydrogens is 234 g/mol. The summed E-state index contributed by atoms with van der Waals surface area (Å²) in [5.74, 6) is -0.977. The highest BCUT2D eigenvalue weighted by atomic mass is 16.6. The van der Waals surface area contributed by atoms with Gasteiger partial charge in [0.05, 0.1) is 0 Å². The van der Waals surface area contributed by atoms with E-state index in [0.717, 1.165) is 0 Å². The number of hydrogen-bond acceptors (Lipinski definition) is 4. The lowest BCUT2D eigenvalue weighted by molar-refractivity contribution is -0.156. The molecule has 0 aliphatic rings. The topological polar surface area (TPSA) is 89.6 Å². The predicted molar refractivity (Wildman–Crippen MR) is 69.1 cm³/mol. The molecule has 0 aliphatic carbocycles. The number of nitrogens with two attached hydrogens (primary N) is 1. The molecule has 0 heterocycles. The summed E-state index contributed by atoms with van der Waals surface area (Å²) < 4.78 is 5.21. The third-order valence-corrected chi connectivity index (χ3v) is 2.37. The molecule has 0 spiro atoms. The molecule has 18 heavy (non-hydrogen) atoms. The van der Waals surface area contributed by atoms with Gasteiger partial charge in [0.15, 0.2) is 0 Å². The van der Waals surface area contributed by atoms with E-state index in [1.165, 1.54) is 0 Å². The summed E-state index contributed by atoms with van der Waals surface area (Å²) in [5, 5.41) is 8.54. The maximum Gasteiger partial charge on any atom is 0.306 e. The van der Waals surface area contributed by atoms with E-state index >= 15 is 0 Å². The lowest BCUT2D eigenvalue weighted by atomic mass is 9.96. The van der Waals surface area contributed by atoms with Gasteiger partial charge in [-0.25, -0.2) is 0 Å². The maximum atomic E-state index is 11.6. The van der Waals surface area contributed by atoms with Gasteiger partial charge in [0, 0.05) is 18.9 Å². The Hall–Kier alpha value is -1.10. The first kappa shape index (κ1) is 16.9. The van der Waals surface area contributed by atoms with Gasteiger partial charge >= 0.3 is 11.9 Å². The number of carboxylic acids is 1. The van der Waals surface area contributed by atoms with Crippen LogP contribution in [0.25, 0.3) is 0 Å². The number of esters is 1. The van der Waals surface area contributed by atoms with Gasteiger partial charge in [0.1, 0.15) is 5.60 Å². The fourth-order valence-electron chi connectivity index (χ4n) is 1.69. The van der Waals surface area contributed by atoms with Crippen molar-refractivity contribution >= 4 is 11.9 Å². The average Bonchev–Trinajstić information content (AvgIpc) is 2.10. The zero-order valence-corrected chi connectivity index (χ0v) is 11.7. The van der Waals surface area contributed by atoms with E-state index < -0.39 is 11.6 Å². The van der Waals surface area contributed by atoms with Crippen molar-refractivity contribution in [3.63, 3.8) is 0 Å². The number of carbonyl (C=O) groups excluding carboxylic acids is 1. The largest absolute Gasteiger partial charge is 0.481 e. The van der Waals surface area contributed by atoms with Crippen molar-refractivity contribution in [2.45, 2.75) is 65.0 Å². The van der Waals surface area contributed by atoms with Crippen LogP contribution in [0, 0.1) is 5.92 Å². The lowest BCUT2D eigenvalue weighted by Gasteiger charge is -2.22. The molecule has 0 rings (SSSR count). The summed E-state index contributed by atoms with van der Waals surface area (Å²) in [6.45, 7) is 7.40. The summed E-state index contributed by atoms with van der Waals surface area (Å²) in [5.41, 5.74) is 5.34. The summed E-state index contributed by atoms with van der Waals surface area (Å²) in [6.07, 6.45) is 1.46. The molecule has 0 aromatic heterocycles. The Morgan fingerprint density at radius 2 is 1.89 bits per heavy atom. The Morgan fingerprint density at radius 3 is 2.33 bits per heavy atom. The summed E-state index contributed by atoms with van der Waals surface area (Å²) >= 11 is 0. The SMILES string of the molecule is C[C@@H](CC(=O)OC(C)(C)C)C[C@H](N)CCC(=O)O. The second-order valence-corrected chi connectivity index (χ2v) is 5.82. The highest BCUT2D eigenvalue weighted by molar-refractivity contribution is 5.70. The molecular formula is C13H25NO4. The Labute approximate surface area is 109 Å². The van der Waals surface area contributed by atoms with E-state index in [2.05, 4.69) is 0 Å². The van der Waals surface area contributed by atoms with Crippen LogP contribution in [0.5, 0.6) is 0 Å². The Morgan fingerprint density at radius 1 is 1.33 bits per heavy atom. The van der Waals surface area contributed by atoms with Crippen molar-refractivity contribution in [3.05, 3.63) is 0 Å². The molecule has 0 aromatic carbocycles. The molecule has 0 unspecified atom stereocenters. The second kappa shape index (κ2) is 7.36. The highest BCUT2D eigenvalue weighted by Crippen LogP contribution is 2.16. The Balaban J connectivity index is 3.92. The monoisotopic (exact) mass is 259 g/mol. The van der Waals surface area contributed by atoms with Gasteiger partial charge in [-0.1, -0.05) is 6.92 Å². The van der Waals surface area contributed by atoms with Crippen molar-refractivity contribution in [2.75, 3.05) is 0 Å². The molecule has 0 saturated heterocycles. The van der Waals surface area contributed by atoms with Gasteiger partial charge < -0.3 is 15.6 Å². The van der Waals surface area contributed by atoms with Gasteiger partial charge in [-0.3, -0.25) is 9.59 Å². The molecule has 3 N–H and O–H groups in total. The van der Waals surface area contributed by atoms with Gasteiger partial charge in [-0.05, 0) is 39.5 Å². The van der Waals surface area contributed by atoms with Gasteiger partial charge in [-0.15, -0.1) is 0 Å². The molecule has 0 aromatic rings. The molecule has 0 saturated carbocycles. The van der Waals surface area contributed by atoms with Crippen LogP contribution < -0.4 is 5.73 Å². The zero-order chi connectivity index (χ0) is 14.3. The van der Waals surface area contributed by atoms with E-state index in [9.17, 15) is 9.59 Å². The Kier molecular flexibility index (Phi) is 6.91. The van der Waals surface area contributed by atoms with Crippen molar-refractivity contribution in [3.8, 4) is 0 Å². The van der Waals surface area contributed by atoms with Gasteiger partial charge in [-0.2, -0.15) is 0 Å². The molecule has 0 aliphatic heterocycles. The lowest BCUT2D eigenvalue weighted by Crippen LogP contribution is -2.27. The van der Waals surface area contributed by atoms with Crippen molar-refractivity contribution in [2.24, 2.45) is 11.7 Å². The maximum absolute atomic E-state index is 11.6. The van der Waals surface area contributed by atoms with Crippen LogP contribution in [0.3, 0.4) is 0 Å². The first-order chi connectivity index (χ1) is 8.10. The van der Waals surface area contributed by atoms with Crippen LogP contribution in [-0.4, -0.2) is 28.7 Å². The van der Waals surface area contributed by atoms with Crippen molar-refractivity contribution < 1.29 is 19.4 Å². The molecule has 0 fully saturated rings. The number of hydrogen-bond donors (Lipinski definition) is 2. The minimum absolute atomic E-state index is 0.0698. The number of rotatable bonds is 7. The van der Waals surface area contributed by atoms with Crippen LogP contribution in [0.1, 0.15) is 53.4 Å². The molecule has 0 radical (unpaired) electrons. The number of ether oxygens (including phenoxy) is 1. The standard InChI is InChI=1S/C13H25NO4/c1-9(7-10(14)5-6-11(15)16)8-12(17)18-13(2,3)4/h9-10H,5-8,14H2,1-4H3,(H,15,16)/t9-,10-/m1/s1. The molecule has 5 nitrogen and oxygen atoms in total. The first-order valence-corrected chi connectivity index (χ1v) is 6.29. The van der Waals surface area contributed by atoms with Crippen LogP contribution in [0.2, 0.25) is 0 Å². The summed E-state index contributed by atoms with van der Waals surface area (Å²) in [7, 11) is 0. The van der Waals surface area contributed by atoms with Crippen molar-refractivity contribution in [1.82, 2.24) is 0 Å². The van der Waals surface area contributed by atoms with E-state index in [-0.39, 0.29) is 24.3 Å². The van der Waals surface area contributed by atoms with Crippen LogP contribution in [-0.2, 0) is 14.3 Å². The first-order valence-electron chi connectivity index (χ1n) is 6.29. The molecule has 106 valence electrons. The molecule has 2 atom stereocenters. The fraction of sp³-hybridized carbons (Fsp3) is 0.846. The Bertz CT molecular complexity index is 283. The highest BCUT2D eigenvalue weighted by Gasteiger charge is 2.19.